The van der Waals surface area contributed by atoms with Crippen molar-refractivity contribution in [1.82, 2.24) is 0 Å². The average Bonchev–Trinajstić information content (AvgIpc) is 3.42. The molecule has 0 radical (unpaired) electrons. The number of rotatable bonds is 60. The van der Waals surface area contributed by atoms with Crippen molar-refractivity contribution in [3.05, 3.63) is 0 Å². The van der Waals surface area contributed by atoms with E-state index in [9.17, 15) is 43.2 Å². The second kappa shape index (κ2) is 53.3. The highest BCUT2D eigenvalue weighted by molar-refractivity contribution is 7.47. The van der Waals surface area contributed by atoms with E-state index in [1.54, 1.807) is 0 Å². The molecule has 17 nitrogen and oxygen atoms in total. The molecule has 3 unspecified atom stereocenters. The van der Waals surface area contributed by atoms with Crippen molar-refractivity contribution >= 4 is 39.5 Å². The molecule has 0 saturated heterocycles. The number of carbonyl (C=O) groups is 4. The Balaban J connectivity index is 5.25. The van der Waals surface area contributed by atoms with Gasteiger partial charge in [-0.25, -0.2) is 9.13 Å². The molecule has 0 heterocycles. The maximum atomic E-state index is 13.0. The summed E-state index contributed by atoms with van der Waals surface area (Å²) in [7, 11) is -9.89. The number of unbranched alkanes of at least 4 members (excludes halogenated alkanes) is 25. The third-order valence-electron chi connectivity index (χ3n) is 14.7. The van der Waals surface area contributed by atoms with Gasteiger partial charge in [0.2, 0.25) is 0 Å². The smallest absolute Gasteiger partial charge is 0.462 e. The van der Waals surface area contributed by atoms with Crippen LogP contribution < -0.4 is 0 Å². The van der Waals surface area contributed by atoms with Crippen molar-refractivity contribution < 1.29 is 80.2 Å². The van der Waals surface area contributed by atoms with Crippen molar-refractivity contribution in [2.75, 3.05) is 39.6 Å². The van der Waals surface area contributed by atoms with Crippen LogP contribution in [0.4, 0.5) is 0 Å². The molecule has 0 spiro atoms. The quantitative estimate of drug-likeness (QED) is 0.0222. The highest BCUT2D eigenvalue weighted by Crippen LogP contribution is 2.45. The van der Waals surface area contributed by atoms with E-state index in [0.29, 0.717) is 37.5 Å². The molecule has 0 fully saturated rings. The van der Waals surface area contributed by atoms with Crippen LogP contribution in [0.3, 0.4) is 0 Å². The van der Waals surface area contributed by atoms with E-state index in [-0.39, 0.29) is 25.7 Å². The van der Waals surface area contributed by atoms with E-state index in [4.69, 9.17) is 37.0 Å². The van der Waals surface area contributed by atoms with Crippen molar-refractivity contribution in [3.8, 4) is 0 Å². The number of hydrogen-bond donors (Lipinski definition) is 3. The summed E-state index contributed by atoms with van der Waals surface area (Å²) in [5, 5.41) is 10.5. The first-order valence-corrected chi connectivity index (χ1v) is 35.7. The second-order valence-corrected chi connectivity index (χ2v) is 27.4. The number of ether oxygens (including phenoxy) is 4. The summed E-state index contributed by atoms with van der Waals surface area (Å²) in [6.45, 7) is 13.9. The first kappa shape index (κ1) is 80.1. The highest BCUT2D eigenvalue weighted by atomic mass is 31.2. The number of carbonyl (C=O) groups excluding carboxylic acids is 4. The van der Waals surface area contributed by atoms with Gasteiger partial charge in [0.05, 0.1) is 26.4 Å². The summed E-state index contributed by atoms with van der Waals surface area (Å²) in [5.74, 6) is 0.712. The van der Waals surface area contributed by atoms with Gasteiger partial charge in [-0.05, 0) is 49.4 Å². The first-order valence-electron chi connectivity index (χ1n) is 32.7. The van der Waals surface area contributed by atoms with Crippen LogP contribution in [0.5, 0.6) is 0 Å². The Morgan fingerprint density at radius 2 is 0.585 bits per heavy atom. The van der Waals surface area contributed by atoms with E-state index in [1.807, 2.05) is 0 Å². The number of aliphatic hydroxyl groups is 1. The molecule has 0 rings (SSSR count). The SMILES string of the molecule is CCC(C)CCCCCCCCC(=O)O[C@H](COC(=O)CCCCCCCCC(C)C)COP(=O)(O)OC[C@H](O)COP(=O)(O)OC[C@@H](COC(=O)CCCCCCCCCC(C)C)OC(=O)CCCCCCCCCCCCC(C)C. The van der Waals surface area contributed by atoms with Crippen LogP contribution in [0.15, 0.2) is 0 Å². The van der Waals surface area contributed by atoms with Gasteiger partial charge in [0.15, 0.2) is 12.2 Å². The van der Waals surface area contributed by atoms with E-state index in [0.717, 1.165) is 115 Å². The lowest BCUT2D eigenvalue weighted by atomic mass is 10.00. The Kier molecular flexibility index (Phi) is 52.0. The minimum Gasteiger partial charge on any atom is -0.462 e. The lowest BCUT2D eigenvalue weighted by molar-refractivity contribution is -0.161. The number of hydrogen-bond acceptors (Lipinski definition) is 15. The molecule has 0 aliphatic carbocycles. The molecule has 486 valence electrons. The molecule has 82 heavy (non-hydrogen) atoms. The van der Waals surface area contributed by atoms with Crippen LogP contribution >= 0.6 is 15.6 Å². The van der Waals surface area contributed by atoms with Crippen LogP contribution in [-0.4, -0.2) is 96.7 Å². The van der Waals surface area contributed by atoms with Gasteiger partial charge in [-0.2, -0.15) is 0 Å². The second-order valence-electron chi connectivity index (χ2n) is 24.5. The van der Waals surface area contributed by atoms with E-state index in [1.165, 1.54) is 89.9 Å². The molecule has 0 bridgehead atoms. The third-order valence-corrected chi connectivity index (χ3v) is 16.6. The Morgan fingerprint density at radius 3 is 0.866 bits per heavy atom. The normalized spacial score (nSPS) is 14.8. The van der Waals surface area contributed by atoms with Gasteiger partial charge in [0.1, 0.15) is 19.3 Å². The molecule has 0 amide bonds. The van der Waals surface area contributed by atoms with E-state index >= 15 is 0 Å². The molecule has 0 aromatic heterocycles. The molecule has 19 heteroatoms. The number of phosphoric acid groups is 2. The average molecular weight is 1210 g/mol. The fourth-order valence-electron chi connectivity index (χ4n) is 9.22. The van der Waals surface area contributed by atoms with Gasteiger partial charge < -0.3 is 33.8 Å². The molecule has 6 atom stereocenters. The zero-order valence-corrected chi connectivity index (χ0v) is 54.9. The molecule has 0 aromatic carbocycles. The molecule has 0 saturated carbocycles. The summed E-state index contributed by atoms with van der Waals surface area (Å²) in [4.78, 5) is 72.1. The Labute approximate surface area is 498 Å². The Hall–Kier alpha value is -1.94. The standard InChI is InChI=1S/C63H122O17P2/c1-9-56(8)42-34-26-20-22-30-38-46-63(68)80-59(50-74-61(66)44-36-28-21-19-25-33-41-55(6)7)52-78-82(71,72)76-48-57(64)47-75-81(69,70)77-51-58(49-73-60(65)43-35-27-18-14-16-24-32-40-54(4)5)79-62(67)45-37-29-17-13-11-10-12-15-23-31-39-53(2)3/h53-59,64H,9-52H2,1-8H3,(H,69,70)(H,71,72)/t56?,57-,58-,59-/m1/s1. The van der Waals surface area contributed by atoms with Gasteiger partial charge in [-0.1, -0.05) is 248 Å². The van der Waals surface area contributed by atoms with E-state index in [2.05, 4.69) is 55.4 Å². The summed E-state index contributed by atoms with van der Waals surface area (Å²) in [6.07, 6.45) is 32.4. The molecular formula is C63H122O17P2. The van der Waals surface area contributed by atoms with Crippen LogP contribution in [0.25, 0.3) is 0 Å². The largest absolute Gasteiger partial charge is 0.472 e. The number of aliphatic hydroxyl groups excluding tert-OH is 1. The summed E-state index contributed by atoms with van der Waals surface area (Å²) >= 11 is 0. The van der Waals surface area contributed by atoms with Gasteiger partial charge in [-0.3, -0.25) is 37.3 Å². The van der Waals surface area contributed by atoms with Gasteiger partial charge in [-0.15, -0.1) is 0 Å². The minimum atomic E-state index is -4.94. The Morgan fingerprint density at radius 1 is 0.341 bits per heavy atom. The fraction of sp³-hybridized carbons (Fsp3) is 0.937. The topological polar surface area (TPSA) is 237 Å². The summed E-state index contributed by atoms with van der Waals surface area (Å²) in [6, 6.07) is 0. The maximum Gasteiger partial charge on any atom is 0.472 e. The summed E-state index contributed by atoms with van der Waals surface area (Å²) < 4.78 is 67.9. The highest BCUT2D eigenvalue weighted by Gasteiger charge is 2.30. The molecule has 0 aliphatic rings. The number of esters is 4. The molecule has 0 aromatic rings. The Bertz CT molecular complexity index is 1650. The lowest BCUT2D eigenvalue weighted by Crippen LogP contribution is -2.30. The van der Waals surface area contributed by atoms with Crippen molar-refractivity contribution in [2.24, 2.45) is 23.7 Å². The minimum absolute atomic E-state index is 0.101. The molecular weight excluding hydrogens is 1090 g/mol. The third kappa shape index (κ3) is 55.9. The fourth-order valence-corrected chi connectivity index (χ4v) is 10.8. The van der Waals surface area contributed by atoms with Gasteiger partial charge in [0.25, 0.3) is 0 Å². The predicted octanol–water partition coefficient (Wildman–Crippen LogP) is 17.0. The van der Waals surface area contributed by atoms with E-state index < -0.39 is 97.5 Å². The van der Waals surface area contributed by atoms with Crippen LogP contribution in [0.2, 0.25) is 0 Å². The van der Waals surface area contributed by atoms with Crippen molar-refractivity contribution in [3.63, 3.8) is 0 Å². The van der Waals surface area contributed by atoms with Crippen LogP contribution in [0, 0.1) is 23.7 Å². The van der Waals surface area contributed by atoms with Gasteiger partial charge in [0, 0.05) is 25.7 Å². The monoisotopic (exact) mass is 1210 g/mol. The zero-order chi connectivity index (χ0) is 61.1. The van der Waals surface area contributed by atoms with Gasteiger partial charge >= 0.3 is 39.5 Å². The first-order chi connectivity index (χ1) is 39.1. The number of phosphoric ester groups is 2. The summed E-state index contributed by atoms with van der Waals surface area (Å²) in [5.41, 5.74) is 0. The van der Waals surface area contributed by atoms with Crippen molar-refractivity contribution in [1.29, 1.82) is 0 Å². The lowest BCUT2D eigenvalue weighted by Gasteiger charge is -2.21. The van der Waals surface area contributed by atoms with Crippen LogP contribution in [0.1, 0.15) is 299 Å². The molecule has 0 aliphatic heterocycles. The predicted molar refractivity (Wildman–Crippen MR) is 326 cm³/mol. The maximum absolute atomic E-state index is 13.0. The van der Waals surface area contributed by atoms with Crippen molar-refractivity contribution in [2.45, 2.75) is 318 Å². The zero-order valence-electron chi connectivity index (χ0n) is 53.1. The van der Waals surface area contributed by atoms with Crippen LogP contribution in [-0.2, 0) is 65.4 Å². The molecule has 3 N–H and O–H groups in total.